The second-order valence-corrected chi connectivity index (χ2v) is 3.39. The van der Waals surface area contributed by atoms with E-state index in [1.54, 1.807) is 18.2 Å². The molecule has 4 heteroatoms. The highest BCUT2D eigenvalue weighted by Gasteiger charge is 2.00. The predicted octanol–water partition coefficient (Wildman–Crippen LogP) is 2.61. The van der Waals surface area contributed by atoms with Crippen molar-refractivity contribution in [3.05, 3.63) is 47.4 Å². The lowest BCUT2D eigenvalue weighted by molar-refractivity contribution is 0.111. The number of carbonyl (C=O) groups is 1. The molecule has 2 rings (SSSR count). The number of rotatable bonds is 2. The fraction of sp³-hybridized carbons (Fsp3) is 0. The Morgan fingerprint density at radius 1 is 1.13 bits per heavy atom. The van der Waals surface area contributed by atoms with Gasteiger partial charge in [0.15, 0.2) is 6.29 Å². The highest BCUT2D eigenvalue weighted by atomic mass is 35.5. The summed E-state index contributed by atoms with van der Waals surface area (Å²) in [6.07, 6.45) is 2.06. The predicted molar refractivity (Wildman–Crippen MR) is 57.9 cm³/mol. The van der Waals surface area contributed by atoms with Gasteiger partial charge < -0.3 is 0 Å². The van der Waals surface area contributed by atoms with Gasteiger partial charge in [-0.25, -0.2) is 9.97 Å². The van der Waals surface area contributed by atoms with Gasteiger partial charge >= 0.3 is 0 Å². The Morgan fingerprint density at radius 2 is 1.87 bits per heavy atom. The Kier molecular flexibility index (Phi) is 2.74. The minimum absolute atomic E-state index is 0.370. The van der Waals surface area contributed by atoms with Crippen LogP contribution in [0.1, 0.15) is 10.5 Å². The third kappa shape index (κ3) is 2.19. The number of hydrogen-bond donors (Lipinski definition) is 0. The molecule has 15 heavy (non-hydrogen) atoms. The summed E-state index contributed by atoms with van der Waals surface area (Å²) in [5.74, 6) is 0. The summed E-state index contributed by atoms with van der Waals surface area (Å²) in [6.45, 7) is 0. The van der Waals surface area contributed by atoms with Crippen LogP contribution in [-0.4, -0.2) is 16.3 Å². The monoisotopic (exact) mass is 218 g/mol. The average Bonchev–Trinajstić information content (AvgIpc) is 2.30. The number of benzene rings is 1. The summed E-state index contributed by atoms with van der Waals surface area (Å²) in [5, 5.41) is 0.670. The first-order valence-corrected chi connectivity index (χ1v) is 4.70. The fourth-order valence-electron chi connectivity index (χ4n) is 1.22. The topological polar surface area (TPSA) is 42.9 Å². The number of halogens is 1. The van der Waals surface area contributed by atoms with E-state index in [1.807, 2.05) is 12.1 Å². The molecule has 0 saturated carbocycles. The molecule has 0 saturated heterocycles. The summed E-state index contributed by atoms with van der Waals surface area (Å²) >= 11 is 5.77. The van der Waals surface area contributed by atoms with Crippen LogP contribution in [-0.2, 0) is 0 Å². The maximum absolute atomic E-state index is 10.5. The van der Waals surface area contributed by atoms with Gasteiger partial charge in [0.25, 0.3) is 0 Å². The lowest BCUT2D eigenvalue weighted by Gasteiger charge is -2.00. The number of carbonyl (C=O) groups excluding carboxylic acids is 1. The number of aromatic nitrogens is 2. The Balaban J connectivity index is 2.44. The molecule has 74 valence electrons. The van der Waals surface area contributed by atoms with Crippen molar-refractivity contribution in [3.8, 4) is 11.3 Å². The van der Waals surface area contributed by atoms with Gasteiger partial charge in [-0.05, 0) is 18.2 Å². The van der Waals surface area contributed by atoms with E-state index >= 15 is 0 Å². The van der Waals surface area contributed by atoms with Crippen LogP contribution in [0.4, 0.5) is 0 Å². The molecule has 2 aromatic rings. The molecule has 0 aliphatic rings. The van der Waals surface area contributed by atoms with Crippen molar-refractivity contribution < 1.29 is 4.79 Å². The van der Waals surface area contributed by atoms with Crippen LogP contribution < -0.4 is 0 Å². The van der Waals surface area contributed by atoms with Crippen LogP contribution in [0.15, 0.2) is 36.7 Å². The maximum atomic E-state index is 10.5. The lowest BCUT2D eigenvalue weighted by Crippen LogP contribution is -1.90. The highest BCUT2D eigenvalue weighted by molar-refractivity contribution is 6.30. The van der Waals surface area contributed by atoms with E-state index in [-0.39, 0.29) is 0 Å². The van der Waals surface area contributed by atoms with Gasteiger partial charge in [-0.2, -0.15) is 0 Å². The van der Waals surface area contributed by atoms with E-state index in [0.717, 1.165) is 5.56 Å². The van der Waals surface area contributed by atoms with Crippen LogP contribution in [0.2, 0.25) is 5.02 Å². The highest BCUT2D eigenvalue weighted by Crippen LogP contribution is 2.19. The molecule has 0 radical (unpaired) electrons. The number of hydrogen-bond acceptors (Lipinski definition) is 3. The molecular weight excluding hydrogens is 212 g/mol. The van der Waals surface area contributed by atoms with Gasteiger partial charge in [-0.3, -0.25) is 4.79 Å². The third-order valence-electron chi connectivity index (χ3n) is 1.95. The molecule has 3 nitrogen and oxygen atoms in total. The molecule has 0 fully saturated rings. The molecule has 0 spiro atoms. The van der Waals surface area contributed by atoms with E-state index in [1.165, 1.54) is 6.33 Å². The van der Waals surface area contributed by atoms with Crippen LogP contribution in [0.5, 0.6) is 0 Å². The third-order valence-corrected chi connectivity index (χ3v) is 2.20. The quantitative estimate of drug-likeness (QED) is 0.728. The van der Waals surface area contributed by atoms with Crippen molar-refractivity contribution in [1.29, 1.82) is 0 Å². The van der Waals surface area contributed by atoms with Crippen molar-refractivity contribution in [2.75, 3.05) is 0 Å². The van der Waals surface area contributed by atoms with Gasteiger partial charge in [0.05, 0.1) is 5.69 Å². The largest absolute Gasteiger partial charge is 0.296 e. The summed E-state index contributed by atoms with van der Waals surface area (Å²) < 4.78 is 0. The first-order chi connectivity index (χ1) is 7.29. The van der Waals surface area contributed by atoms with Crippen LogP contribution in [0, 0.1) is 0 Å². The molecule has 0 aliphatic heterocycles. The maximum Gasteiger partial charge on any atom is 0.168 e. The summed E-state index contributed by atoms with van der Waals surface area (Å²) in [6, 6.07) is 8.88. The second kappa shape index (κ2) is 4.19. The first kappa shape index (κ1) is 9.80. The zero-order valence-electron chi connectivity index (χ0n) is 7.72. The van der Waals surface area contributed by atoms with Crippen LogP contribution in [0.25, 0.3) is 11.3 Å². The molecule has 0 aliphatic carbocycles. The summed E-state index contributed by atoms with van der Waals surface area (Å²) in [4.78, 5) is 18.4. The van der Waals surface area contributed by atoms with Gasteiger partial charge in [-0.15, -0.1) is 0 Å². The first-order valence-electron chi connectivity index (χ1n) is 4.33. The lowest BCUT2D eigenvalue weighted by atomic mass is 10.1. The van der Waals surface area contributed by atoms with E-state index in [2.05, 4.69) is 9.97 Å². The van der Waals surface area contributed by atoms with Crippen molar-refractivity contribution in [1.82, 2.24) is 9.97 Å². The standard InChI is InChI=1S/C11H7ClN2O/c12-9-3-1-8(2-4-9)11-5-10(6-15)13-7-14-11/h1-7H. The molecule has 0 unspecified atom stereocenters. The van der Waals surface area contributed by atoms with Crippen LogP contribution >= 0.6 is 11.6 Å². The molecular formula is C11H7ClN2O. The van der Waals surface area contributed by atoms with E-state index in [9.17, 15) is 4.79 Å². The molecule has 1 aromatic heterocycles. The van der Waals surface area contributed by atoms with E-state index in [0.29, 0.717) is 22.7 Å². The van der Waals surface area contributed by atoms with E-state index in [4.69, 9.17) is 11.6 Å². The molecule has 1 aromatic carbocycles. The van der Waals surface area contributed by atoms with Gasteiger partial charge in [0, 0.05) is 10.6 Å². The normalized spacial score (nSPS) is 9.93. The molecule has 1 heterocycles. The average molecular weight is 219 g/mol. The Hall–Kier alpha value is -1.74. The number of aldehydes is 1. The van der Waals surface area contributed by atoms with Crippen molar-refractivity contribution in [2.45, 2.75) is 0 Å². The molecule has 0 amide bonds. The molecule has 0 bridgehead atoms. The fourth-order valence-corrected chi connectivity index (χ4v) is 1.34. The van der Waals surface area contributed by atoms with Gasteiger partial charge in [-0.1, -0.05) is 23.7 Å². The van der Waals surface area contributed by atoms with Crippen molar-refractivity contribution in [3.63, 3.8) is 0 Å². The molecule has 0 atom stereocenters. The second-order valence-electron chi connectivity index (χ2n) is 2.95. The zero-order chi connectivity index (χ0) is 10.7. The van der Waals surface area contributed by atoms with Gasteiger partial charge in [0.2, 0.25) is 0 Å². The minimum Gasteiger partial charge on any atom is -0.296 e. The van der Waals surface area contributed by atoms with Gasteiger partial charge in [0.1, 0.15) is 12.0 Å². The minimum atomic E-state index is 0.370. The Morgan fingerprint density at radius 3 is 2.53 bits per heavy atom. The Bertz CT molecular complexity index is 482. The van der Waals surface area contributed by atoms with Crippen molar-refractivity contribution >= 4 is 17.9 Å². The van der Waals surface area contributed by atoms with Crippen molar-refractivity contribution in [2.24, 2.45) is 0 Å². The molecule has 0 N–H and O–H groups in total. The summed E-state index contributed by atoms with van der Waals surface area (Å²) in [7, 11) is 0. The smallest absolute Gasteiger partial charge is 0.168 e. The van der Waals surface area contributed by atoms with Crippen LogP contribution in [0.3, 0.4) is 0 Å². The summed E-state index contributed by atoms with van der Waals surface area (Å²) in [5.41, 5.74) is 1.99. The van der Waals surface area contributed by atoms with E-state index < -0.39 is 0 Å². The Labute approximate surface area is 91.8 Å². The zero-order valence-corrected chi connectivity index (χ0v) is 8.48. The number of nitrogens with zero attached hydrogens (tertiary/aromatic N) is 2. The SMILES string of the molecule is O=Cc1cc(-c2ccc(Cl)cc2)ncn1.